The first kappa shape index (κ1) is 14.7. The van der Waals surface area contributed by atoms with Crippen molar-refractivity contribution in [2.45, 2.75) is 46.2 Å². The normalized spacial score (nSPS) is 12.7. The maximum Gasteiger partial charge on any atom is 0.263 e. The number of thiazole rings is 1. The fourth-order valence-electron chi connectivity index (χ4n) is 1.90. The third-order valence-corrected chi connectivity index (χ3v) is 4.37. The molecule has 6 heteroatoms. The standard InChI is InChI=1S/C14H20N4OS/c1-9(2)14-17-11(4)12(20-14)13(19)16-10(3)8-18-7-5-6-15-18/h5-7,9-10H,8H2,1-4H3,(H,16,19). The molecule has 0 fully saturated rings. The van der Waals surface area contributed by atoms with Crippen LogP contribution in [0.2, 0.25) is 0 Å². The summed E-state index contributed by atoms with van der Waals surface area (Å²) in [4.78, 5) is 17.4. The van der Waals surface area contributed by atoms with Crippen LogP contribution in [0.1, 0.15) is 47.1 Å². The second-order valence-corrected chi connectivity index (χ2v) is 6.25. The second kappa shape index (κ2) is 6.17. The predicted octanol–water partition coefficient (Wildman–Crippen LogP) is 2.59. The van der Waals surface area contributed by atoms with Crippen molar-refractivity contribution in [3.63, 3.8) is 0 Å². The fourth-order valence-corrected chi connectivity index (χ4v) is 2.87. The lowest BCUT2D eigenvalue weighted by atomic mass is 10.2. The number of aryl methyl sites for hydroxylation is 1. The molecule has 5 nitrogen and oxygen atoms in total. The molecule has 0 saturated carbocycles. The molecule has 0 bridgehead atoms. The summed E-state index contributed by atoms with van der Waals surface area (Å²) in [6, 6.07) is 1.89. The van der Waals surface area contributed by atoms with E-state index in [0.717, 1.165) is 10.7 Å². The zero-order chi connectivity index (χ0) is 14.7. The average molecular weight is 292 g/mol. The molecule has 0 aliphatic heterocycles. The molecule has 2 rings (SSSR count). The molecule has 0 saturated heterocycles. The van der Waals surface area contributed by atoms with Gasteiger partial charge in [0.15, 0.2) is 0 Å². The van der Waals surface area contributed by atoms with Crippen molar-refractivity contribution >= 4 is 17.2 Å². The lowest BCUT2D eigenvalue weighted by Gasteiger charge is -2.13. The van der Waals surface area contributed by atoms with Gasteiger partial charge < -0.3 is 5.32 Å². The van der Waals surface area contributed by atoms with E-state index in [2.05, 4.69) is 29.2 Å². The van der Waals surface area contributed by atoms with E-state index in [-0.39, 0.29) is 11.9 Å². The topological polar surface area (TPSA) is 59.8 Å². The van der Waals surface area contributed by atoms with Crippen molar-refractivity contribution in [1.82, 2.24) is 20.1 Å². The van der Waals surface area contributed by atoms with Crippen LogP contribution >= 0.6 is 11.3 Å². The highest BCUT2D eigenvalue weighted by Gasteiger charge is 2.18. The summed E-state index contributed by atoms with van der Waals surface area (Å²) in [6.45, 7) is 8.68. The van der Waals surface area contributed by atoms with Crippen LogP contribution in [0.4, 0.5) is 0 Å². The zero-order valence-electron chi connectivity index (χ0n) is 12.3. The molecule has 1 atom stereocenters. The van der Waals surface area contributed by atoms with Crippen LogP contribution in [-0.4, -0.2) is 26.7 Å². The molecular formula is C14H20N4OS. The Kier molecular flexibility index (Phi) is 4.54. The summed E-state index contributed by atoms with van der Waals surface area (Å²) in [6.07, 6.45) is 3.62. The van der Waals surface area contributed by atoms with Gasteiger partial charge in [-0.2, -0.15) is 5.10 Å². The molecule has 2 aromatic heterocycles. The van der Waals surface area contributed by atoms with E-state index < -0.39 is 0 Å². The quantitative estimate of drug-likeness (QED) is 0.921. The molecule has 108 valence electrons. The Balaban J connectivity index is 2.00. The Morgan fingerprint density at radius 2 is 2.20 bits per heavy atom. The van der Waals surface area contributed by atoms with E-state index in [1.54, 1.807) is 6.20 Å². The van der Waals surface area contributed by atoms with E-state index >= 15 is 0 Å². The Bertz CT molecular complexity index is 574. The van der Waals surface area contributed by atoms with Gasteiger partial charge in [-0.15, -0.1) is 11.3 Å². The molecule has 1 amide bonds. The van der Waals surface area contributed by atoms with Gasteiger partial charge in [0.05, 0.1) is 17.2 Å². The number of amides is 1. The summed E-state index contributed by atoms with van der Waals surface area (Å²) in [5, 5.41) is 8.14. The first-order valence-corrected chi connectivity index (χ1v) is 7.54. The van der Waals surface area contributed by atoms with Gasteiger partial charge in [-0.3, -0.25) is 9.48 Å². The molecule has 0 aliphatic rings. The number of hydrogen-bond acceptors (Lipinski definition) is 4. The Labute approximate surface area is 123 Å². The summed E-state index contributed by atoms with van der Waals surface area (Å²) in [5.74, 6) is 0.299. The number of carbonyl (C=O) groups is 1. The van der Waals surface area contributed by atoms with Gasteiger partial charge >= 0.3 is 0 Å². The van der Waals surface area contributed by atoms with Gasteiger partial charge in [0, 0.05) is 24.4 Å². The van der Waals surface area contributed by atoms with Crippen LogP contribution in [-0.2, 0) is 6.54 Å². The molecule has 0 aromatic carbocycles. The van der Waals surface area contributed by atoms with E-state index in [1.807, 2.05) is 30.8 Å². The third-order valence-electron chi connectivity index (χ3n) is 2.91. The number of rotatable bonds is 5. The van der Waals surface area contributed by atoms with Crippen LogP contribution < -0.4 is 5.32 Å². The van der Waals surface area contributed by atoms with Gasteiger partial charge in [0.1, 0.15) is 4.88 Å². The molecule has 1 N–H and O–H groups in total. The minimum Gasteiger partial charge on any atom is -0.347 e. The van der Waals surface area contributed by atoms with Crippen LogP contribution in [0.15, 0.2) is 18.5 Å². The number of carbonyl (C=O) groups excluding carboxylic acids is 1. The second-order valence-electron chi connectivity index (χ2n) is 5.22. The Morgan fingerprint density at radius 1 is 1.45 bits per heavy atom. The third kappa shape index (κ3) is 3.45. The first-order valence-electron chi connectivity index (χ1n) is 6.73. The van der Waals surface area contributed by atoms with E-state index in [0.29, 0.717) is 17.3 Å². The first-order chi connectivity index (χ1) is 9.47. The van der Waals surface area contributed by atoms with Crippen molar-refractivity contribution in [1.29, 1.82) is 0 Å². The molecule has 1 unspecified atom stereocenters. The van der Waals surface area contributed by atoms with Crippen LogP contribution in [0.3, 0.4) is 0 Å². The van der Waals surface area contributed by atoms with Gasteiger partial charge in [-0.1, -0.05) is 13.8 Å². The average Bonchev–Trinajstić information content (AvgIpc) is 2.98. The predicted molar refractivity (Wildman–Crippen MR) is 80.1 cm³/mol. The van der Waals surface area contributed by atoms with Gasteiger partial charge in [-0.25, -0.2) is 4.98 Å². The minimum absolute atomic E-state index is 0.0198. The van der Waals surface area contributed by atoms with E-state index in [9.17, 15) is 4.79 Å². The summed E-state index contributed by atoms with van der Waals surface area (Å²) in [7, 11) is 0. The lowest BCUT2D eigenvalue weighted by molar-refractivity contribution is 0.0939. The molecule has 20 heavy (non-hydrogen) atoms. The Hall–Kier alpha value is -1.69. The van der Waals surface area contributed by atoms with E-state index in [1.165, 1.54) is 11.3 Å². The monoisotopic (exact) mass is 292 g/mol. The number of nitrogens with zero attached hydrogens (tertiary/aromatic N) is 3. The maximum atomic E-state index is 12.3. The van der Waals surface area contributed by atoms with Crippen molar-refractivity contribution in [2.24, 2.45) is 0 Å². The highest BCUT2D eigenvalue weighted by molar-refractivity contribution is 7.13. The van der Waals surface area contributed by atoms with Crippen molar-refractivity contribution in [3.8, 4) is 0 Å². The van der Waals surface area contributed by atoms with Crippen LogP contribution in [0.5, 0.6) is 0 Å². The van der Waals surface area contributed by atoms with Crippen molar-refractivity contribution < 1.29 is 4.79 Å². The fraction of sp³-hybridized carbons (Fsp3) is 0.500. The number of aromatic nitrogens is 3. The zero-order valence-corrected chi connectivity index (χ0v) is 13.1. The SMILES string of the molecule is Cc1nc(C(C)C)sc1C(=O)NC(C)Cn1cccn1. The lowest BCUT2D eigenvalue weighted by Crippen LogP contribution is -2.35. The summed E-state index contributed by atoms with van der Waals surface area (Å²) >= 11 is 1.48. The largest absolute Gasteiger partial charge is 0.347 e. The molecule has 0 radical (unpaired) electrons. The van der Waals surface area contributed by atoms with E-state index in [4.69, 9.17) is 0 Å². The van der Waals surface area contributed by atoms with Gasteiger partial charge in [0.2, 0.25) is 0 Å². The molecule has 2 aromatic rings. The summed E-state index contributed by atoms with van der Waals surface area (Å²) < 4.78 is 1.81. The number of nitrogens with one attached hydrogen (secondary N) is 1. The molecular weight excluding hydrogens is 272 g/mol. The highest BCUT2D eigenvalue weighted by atomic mass is 32.1. The van der Waals surface area contributed by atoms with Crippen LogP contribution in [0.25, 0.3) is 0 Å². The molecule has 0 spiro atoms. The maximum absolute atomic E-state index is 12.3. The Morgan fingerprint density at radius 3 is 2.75 bits per heavy atom. The smallest absolute Gasteiger partial charge is 0.263 e. The summed E-state index contributed by atoms with van der Waals surface area (Å²) in [5.41, 5.74) is 0.808. The minimum atomic E-state index is -0.0495. The molecule has 0 aliphatic carbocycles. The van der Waals surface area contributed by atoms with Gasteiger partial charge in [-0.05, 0) is 19.9 Å². The van der Waals surface area contributed by atoms with Gasteiger partial charge in [0.25, 0.3) is 5.91 Å². The molecule has 2 heterocycles. The van der Waals surface area contributed by atoms with Crippen molar-refractivity contribution in [2.75, 3.05) is 0 Å². The highest BCUT2D eigenvalue weighted by Crippen LogP contribution is 2.24. The van der Waals surface area contributed by atoms with Crippen LogP contribution in [0, 0.1) is 6.92 Å². The number of hydrogen-bond donors (Lipinski definition) is 1. The van der Waals surface area contributed by atoms with Crippen molar-refractivity contribution in [3.05, 3.63) is 34.0 Å².